The summed E-state index contributed by atoms with van der Waals surface area (Å²) in [5.74, 6) is 0.245. The molecule has 0 bridgehead atoms. The van der Waals surface area contributed by atoms with E-state index >= 15 is 0 Å². The maximum absolute atomic E-state index is 13.4. The summed E-state index contributed by atoms with van der Waals surface area (Å²) in [5, 5.41) is 0. The zero-order chi connectivity index (χ0) is 14.7. The summed E-state index contributed by atoms with van der Waals surface area (Å²) < 4.78 is 19.0. The number of ether oxygens (including phenoxy) is 1. The second kappa shape index (κ2) is 6.06. The van der Waals surface area contributed by atoms with Gasteiger partial charge >= 0.3 is 0 Å². The molecule has 3 heteroatoms. The summed E-state index contributed by atoms with van der Waals surface area (Å²) in [5.41, 5.74) is 10.2. The van der Waals surface area contributed by atoms with Crippen LogP contribution in [0.15, 0.2) is 36.4 Å². The second-order valence-corrected chi connectivity index (χ2v) is 5.17. The zero-order valence-corrected chi connectivity index (χ0v) is 12.1. The Balaban J connectivity index is 2.02. The van der Waals surface area contributed by atoms with Crippen LogP contribution in [0.3, 0.4) is 0 Å². The van der Waals surface area contributed by atoms with E-state index in [1.807, 2.05) is 6.07 Å². The highest BCUT2D eigenvalue weighted by Crippen LogP contribution is 2.19. The van der Waals surface area contributed by atoms with Crippen molar-refractivity contribution in [1.29, 1.82) is 0 Å². The minimum Gasteiger partial charge on any atom is -0.492 e. The van der Waals surface area contributed by atoms with E-state index in [-0.39, 0.29) is 11.9 Å². The summed E-state index contributed by atoms with van der Waals surface area (Å²) in [7, 11) is 0. The molecular formula is C17H20FNO. The molecule has 0 aliphatic rings. The van der Waals surface area contributed by atoms with Gasteiger partial charge in [0.1, 0.15) is 18.2 Å². The molecule has 0 saturated heterocycles. The van der Waals surface area contributed by atoms with E-state index in [0.29, 0.717) is 17.9 Å². The molecular weight excluding hydrogens is 253 g/mol. The second-order valence-electron chi connectivity index (χ2n) is 5.17. The molecule has 2 rings (SSSR count). The molecule has 0 saturated carbocycles. The Labute approximate surface area is 119 Å². The van der Waals surface area contributed by atoms with Gasteiger partial charge in [0.25, 0.3) is 0 Å². The van der Waals surface area contributed by atoms with E-state index in [1.54, 1.807) is 19.1 Å². The first-order chi connectivity index (χ1) is 9.47. The molecule has 2 nitrogen and oxygen atoms in total. The molecule has 0 aliphatic heterocycles. The van der Waals surface area contributed by atoms with Crippen LogP contribution in [0, 0.1) is 26.6 Å². The van der Waals surface area contributed by atoms with E-state index in [4.69, 9.17) is 10.5 Å². The summed E-state index contributed by atoms with van der Waals surface area (Å²) in [6.45, 7) is 6.17. The number of halogens is 1. The summed E-state index contributed by atoms with van der Waals surface area (Å²) >= 11 is 0. The summed E-state index contributed by atoms with van der Waals surface area (Å²) in [6.07, 6.45) is 0. The first-order valence-electron chi connectivity index (χ1n) is 6.69. The van der Waals surface area contributed by atoms with E-state index < -0.39 is 0 Å². The maximum atomic E-state index is 13.4. The van der Waals surface area contributed by atoms with Crippen molar-refractivity contribution < 1.29 is 9.13 Å². The van der Waals surface area contributed by atoms with Gasteiger partial charge < -0.3 is 10.5 Å². The smallest absolute Gasteiger partial charge is 0.129 e. The summed E-state index contributed by atoms with van der Waals surface area (Å²) in [6, 6.07) is 10.8. The van der Waals surface area contributed by atoms with E-state index in [0.717, 1.165) is 5.56 Å². The Morgan fingerprint density at radius 1 is 1.00 bits per heavy atom. The van der Waals surface area contributed by atoms with Gasteiger partial charge in [-0.25, -0.2) is 4.39 Å². The van der Waals surface area contributed by atoms with Gasteiger partial charge in [-0.3, -0.25) is 0 Å². The highest BCUT2D eigenvalue weighted by atomic mass is 19.1. The van der Waals surface area contributed by atoms with Gasteiger partial charge in [-0.2, -0.15) is 0 Å². The molecule has 2 aromatic carbocycles. The first-order valence-corrected chi connectivity index (χ1v) is 6.69. The average molecular weight is 273 g/mol. The third kappa shape index (κ3) is 3.36. The number of rotatable bonds is 4. The molecule has 106 valence electrons. The first kappa shape index (κ1) is 14.5. The predicted octanol–water partition coefficient (Wildman–Crippen LogP) is 3.83. The number of nitrogens with two attached hydrogens (primary N) is 1. The van der Waals surface area contributed by atoms with Crippen LogP contribution in [0.25, 0.3) is 0 Å². The molecule has 2 aromatic rings. The van der Waals surface area contributed by atoms with Gasteiger partial charge in [-0.1, -0.05) is 24.3 Å². The quantitative estimate of drug-likeness (QED) is 0.918. The normalized spacial score (nSPS) is 12.2. The molecule has 2 N–H and O–H groups in total. The van der Waals surface area contributed by atoms with Crippen molar-refractivity contribution in [3.05, 3.63) is 64.5 Å². The van der Waals surface area contributed by atoms with Crippen LogP contribution < -0.4 is 10.5 Å². The van der Waals surface area contributed by atoms with Crippen molar-refractivity contribution in [2.75, 3.05) is 6.61 Å². The Morgan fingerprint density at radius 3 is 2.35 bits per heavy atom. The molecule has 0 fully saturated rings. The predicted molar refractivity (Wildman–Crippen MR) is 79.5 cm³/mol. The molecule has 0 spiro atoms. The molecule has 1 unspecified atom stereocenters. The number of hydrogen-bond acceptors (Lipinski definition) is 2. The number of aryl methyl sites for hydroxylation is 3. The SMILES string of the molecule is Cc1ccc(C(N)COc2ccc(C)c(F)c2)cc1C. The third-order valence-corrected chi connectivity index (χ3v) is 3.53. The van der Waals surface area contributed by atoms with Crippen molar-refractivity contribution >= 4 is 0 Å². The van der Waals surface area contributed by atoms with Gasteiger partial charge in [0.15, 0.2) is 0 Å². The highest BCUT2D eigenvalue weighted by molar-refractivity contribution is 5.32. The van der Waals surface area contributed by atoms with Crippen LogP contribution in [0.2, 0.25) is 0 Å². The lowest BCUT2D eigenvalue weighted by Crippen LogP contribution is -2.19. The van der Waals surface area contributed by atoms with Gasteiger partial charge in [0.05, 0.1) is 6.04 Å². The van der Waals surface area contributed by atoms with Crippen molar-refractivity contribution in [2.45, 2.75) is 26.8 Å². The standard InChI is InChI=1S/C17H20FNO/c1-11-4-6-14(8-13(11)3)17(19)10-20-15-7-5-12(2)16(18)9-15/h4-9,17H,10,19H2,1-3H3. The molecule has 1 atom stereocenters. The molecule has 0 aromatic heterocycles. The van der Waals surface area contributed by atoms with Gasteiger partial charge in [-0.15, -0.1) is 0 Å². The number of benzene rings is 2. The minimum absolute atomic E-state index is 0.223. The third-order valence-electron chi connectivity index (χ3n) is 3.53. The van der Waals surface area contributed by atoms with E-state index in [2.05, 4.69) is 26.0 Å². The van der Waals surface area contributed by atoms with Crippen LogP contribution in [0.4, 0.5) is 4.39 Å². The molecule has 0 aliphatic carbocycles. The van der Waals surface area contributed by atoms with Gasteiger partial charge in [0, 0.05) is 6.07 Å². The molecule has 20 heavy (non-hydrogen) atoms. The fraction of sp³-hybridized carbons (Fsp3) is 0.294. The van der Waals surface area contributed by atoms with Crippen molar-refractivity contribution in [3.63, 3.8) is 0 Å². The van der Waals surface area contributed by atoms with Gasteiger partial charge in [-0.05, 0) is 49.1 Å². The maximum Gasteiger partial charge on any atom is 0.129 e. The minimum atomic E-state index is -0.262. The topological polar surface area (TPSA) is 35.2 Å². The van der Waals surface area contributed by atoms with Gasteiger partial charge in [0.2, 0.25) is 0 Å². The van der Waals surface area contributed by atoms with Crippen LogP contribution in [0.1, 0.15) is 28.3 Å². The Morgan fingerprint density at radius 2 is 1.70 bits per heavy atom. The molecule has 0 heterocycles. The lowest BCUT2D eigenvalue weighted by molar-refractivity contribution is 0.289. The van der Waals surface area contributed by atoms with Crippen LogP contribution in [0.5, 0.6) is 5.75 Å². The lowest BCUT2D eigenvalue weighted by Gasteiger charge is -2.15. The Kier molecular flexibility index (Phi) is 4.40. The molecule has 0 amide bonds. The largest absolute Gasteiger partial charge is 0.492 e. The Hall–Kier alpha value is -1.87. The summed E-state index contributed by atoms with van der Waals surface area (Å²) in [4.78, 5) is 0. The van der Waals surface area contributed by atoms with Crippen molar-refractivity contribution in [3.8, 4) is 5.75 Å². The lowest BCUT2D eigenvalue weighted by atomic mass is 10.0. The fourth-order valence-electron chi connectivity index (χ4n) is 1.94. The van der Waals surface area contributed by atoms with E-state index in [1.165, 1.54) is 17.2 Å². The zero-order valence-electron chi connectivity index (χ0n) is 12.1. The Bertz CT molecular complexity index is 610. The monoisotopic (exact) mass is 273 g/mol. The van der Waals surface area contributed by atoms with Crippen molar-refractivity contribution in [1.82, 2.24) is 0 Å². The molecule has 0 radical (unpaired) electrons. The average Bonchev–Trinajstić information content (AvgIpc) is 2.43. The van der Waals surface area contributed by atoms with E-state index in [9.17, 15) is 4.39 Å². The number of hydrogen-bond donors (Lipinski definition) is 1. The van der Waals surface area contributed by atoms with Crippen molar-refractivity contribution in [2.24, 2.45) is 5.73 Å². The van der Waals surface area contributed by atoms with Crippen LogP contribution >= 0.6 is 0 Å². The fourth-order valence-corrected chi connectivity index (χ4v) is 1.94. The van der Waals surface area contributed by atoms with Crippen LogP contribution in [-0.4, -0.2) is 6.61 Å². The highest BCUT2D eigenvalue weighted by Gasteiger charge is 2.09. The van der Waals surface area contributed by atoms with Crippen LogP contribution in [-0.2, 0) is 0 Å².